The van der Waals surface area contributed by atoms with Crippen LogP contribution in [0, 0.1) is 0 Å². The summed E-state index contributed by atoms with van der Waals surface area (Å²) >= 11 is 0. The second-order valence-corrected chi connectivity index (χ2v) is 7.07. The average molecular weight is 331 g/mol. The number of aromatic nitrogens is 1. The van der Waals surface area contributed by atoms with Crippen molar-refractivity contribution in [3.63, 3.8) is 0 Å². The van der Waals surface area contributed by atoms with Gasteiger partial charge in [-0.05, 0) is 22.7 Å². The molecule has 1 nitrogen and oxygen atoms in total. The van der Waals surface area contributed by atoms with E-state index in [0.29, 0.717) is 5.44 Å². The Labute approximate surface area is 133 Å². The van der Waals surface area contributed by atoms with Gasteiger partial charge in [0.15, 0.2) is 0 Å². The SMILES string of the molecule is FC(F)(F)c1ccnc(P(c2ccccc2)c2ccccc2)c1. The van der Waals surface area contributed by atoms with Crippen molar-refractivity contribution in [1.29, 1.82) is 0 Å². The van der Waals surface area contributed by atoms with E-state index in [1.807, 2.05) is 60.7 Å². The summed E-state index contributed by atoms with van der Waals surface area (Å²) in [5.74, 6) is 0. The maximum Gasteiger partial charge on any atom is 0.416 e. The third-order valence-corrected chi connectivity index (χ3v) is 5.66. The Morgan fingerprint density at radius 3 is 1.74 bits per heavy atom. The lowest BCUT2D eigenvalue weighted by atomic mass is 10.3. The minimum atomic E-state index is -4.37. The molecule has 1 aromatic heterocycles. The van der Waals surface area contributed by atoms with E-state index in [4.69, 9.17) is 0 Å². The van der Waals surface area contributed by atoms with Gasteiger partial charge in [0, 0.05) is 14.1 Å². The lowest BCUT2D eigenvalue weighted by molar-refractivity contribution is -0.137. The molecule has 0 N–H and O–H groups in total. The molecule has 0 aliphatic carbocycles. The molecule has 0 atom stereocenters. The lowest BCUT2D eigenvalue weighted by Crippen LogP contribution is -2.24. The Bertz CT molecular complexity index is 734. The van der Waals surface area contributed by atoms with Crippen LogP contribution in [0.3, 0.4) is 0 Å². The molecular weight excluding hydrogens is 318 g/mol. The van der Waals surface area contributed by atoms with E-state index in [1.165, 1.54) is 6.20 Å². The monoisotopic (exact) mass is 331 g/mol. The molecule has 0 saturated heterocycles. The van der Waals surface area contributed by atoms with Crippen molar-refractivity contribution in [2.24, 2.45) is 0 Å². The first-order valence-corrected chi connectivity index (χ1v) is 8.33. The van der Waals surface area contributed by atoms with Crippen LogP contribution < -0.4 is 16.0 Å². The predicted octanol–water partition coefficient (Wildman–Crippen LogP) is 3.86. The number of halogens is 3. The van der Waals surface area contributed by atoms with Gasteiger partial charge in [-0.25, -0.2) is 0 Å². The van der Waals surface area contributed by atoms with E-state index in [9.17, 15) is 13.2 Å². The summed E-state index contributed by atoms with van der Waals surface area (Å²) in [6.07, 6.45) is -3.13. The van der Waals surface area contributed by atoms with Gasteiger partial charge in [-0.2, -0.15) is 13.2 Å². The highest BCUT2D eigenvalue weighted by atomic mass is 31.1. The van der Waals surface area contributed by atoms with Crippen molar-refractivity contribution in [2.75, 3.05) is 0 Å². The van der Waals surface area contributed by atoms with Crippen molar-refractivity contribution < 1.29 is 13.2 Å². The van der Waals surface area contributed by atoms with Crippen LogP contribution in [0.15, 0.2) is 79.0 Å². The number of hydrogen-bond donors (Lipinski definition) is 0. The second-order valence-electron chi connectivity index (χ2n) is 4.91. The normalized spacial score (nSPS) is 11.7. The van der Waals surface area contributed by atoms with Crippen LogP contribution in [0.4, 0.5) is 13.2 Å². The Kier molecular flexibility index (Phi) is 4.44. The largest absolute Gasteiger partial charge is 0.416 e. The Morgan fingerprint density at radius 1 is 0.739 bits per heavy atom. The third-order valence-electron chi connectivity index (χ3n) is 3.33. The van der Waals surface area contributed by atoms with Crippen molar-refractivity contribution in [1.82, 2.24) is 4.98 Å². The van der Waals surface area contributed by atoms with Crippen LogP contribution >= 0.6 is 7.92 Å². The molecule has 23 heavy (non-hydrogen) atoms. The molecule has 0 spiro atoms. The summed E-state index contributed by atoms with van der Waals surface area (Å²) in [5, 5.41) is 1.95. The summed E-state index contributed by atoms with van der Waals surface area (Å²) in [4.78, 5) is 4.23. The van der Waals surface area contributed by atoms with Crippen LogP contribution in [0.25, 0.3) is 0 Å². The number of benzene rings is 2. The van der Waals surface area contributed by atoms with Gasteiger partial charge in [-0.3, -0.25) is 4.98 Å². The maximum absolute atomic E-state index is 13.0. The molecule has 0 fully saturated rings. The average Bonchev–Trinajstić information content (AvgIpc) is 2.57. The standard InChI is InChI=1S/C18H13F3NP/c19-18(20,21)14-11-12-22-17(13-14)23(15-7-3-1-4-8-15)16-9-5-2-6-10-16/h1-13H. The summed E-state index contributed by atoms with van der Waals surface area (Å²) in [5.41, 5.74) is -0.214. The predicted molar refractivity (Wildman–Crippen MR) is 87.9 cm³/mol. The smallest absolute Gasteiger partial charge is 0.256 e. The molecule has 5 heteroatoms. The van der Waals surface area contributed by atoms with Crippen LogP contribution in [-0.2, 0) is 6.18 Å². The van der Waals surface area contributed by atoms with Crippen molar-refractivity contribution in [3.05, 3.63) is 84.6 Å². The quantitative estimate of drug-likeness (QED) is 0.664. The number of nitrogens with zero attached hydrogens (tertiary/aromatic N) is 1. The van der Waals surface area contributed by atoms with Crippen LogP contribution in [0.5, 0.6) is 0 Å². The molecule has 1 heterocycles. The van der Waals surface area contributed by atoms with Gasteiger partial charge < -0.3 is 0 Å². The number of pyridine rings is 1. The molecule has 2 aromatic carbocycles. The summed E-state index contributed by atoms with van der Waals surface area (Å²) < 4.78 is 39.0. The van der Waals surface area contributed by atoms with Crippen LogP contribution in [-0.4, -0.2) is 4.98 Å². The molecular formula is C18H13F3NP. The molecule has 0 radical (unpaired) electrons. The van der Waals surface area contributed by atoms with Gasteiger partial charge in [0.05, 0.1) is 11.0 Å². The fraction of sp³-hybridized carbons (Fsp3) is 0.0556. The van der Waals surface area contributed by atoms with Gasteiger partial charge in [0.1, 0.15) is 0 Å². The molecule has 0 amide bonds. The molecule has 0 saturated carbocycles. The minimum absolute atomic E-state index is 0.451. The summed E-state index contributed by atoms with van der Waals surface area (Å²) in [6.45, 7) is 0. The topological polar surface area (TPSA) is 12.9 Å². The fourth-order valence-corrected chi connectivity index (χ4v) is 4.50. The summed E-state index contributed by atoms with van der Waals surface area (Å²) in [6, 6.07) is 21.2. The number of hydrogen-bond acceptors (Lipinski definition) is 1. The zero-order valence-electron chi connectivity index (χ0n) is 12.0. The van der Waals surface area contributed by atoms with Gasteiger partial charge in [0.2, 0.25) is 0 Å². The molecule has 0 unspecified atom stereocenters. The zero-order valence-corrected chi connectivity index (χ0v) is 12.9. The Balaban J connectivity index is 2.14. The molecule has 0 bridgehead atoms. The van der Waals surface area contributed by atoms with Crippen LogP contribution in [0.1, 0.15) is 5.56 Å². The number of alkyl halides is 3. The van der Waals surface area contributed by atoms with Gasteiger partial charge in [0.25, 0.3) is 0 Å². The van der Waals surface area contributed by atoms with Gasteiger partial charge >= 0.3 is 6.18 Å². The van der Waals surface area contributed by atoms with E-state index < -0.39 is 19.7 Å². The first kappa shape index (κ1) is 15.7. The first-order chi connectivity index (χ1) is 11.1. The van der Waals surface area contributed by atoms with Crippen molar-refractivity contribution in [3.8, 4) is 0 Å². The highest BCUT2D eigenvalue weighted by Gasteiger charge is 2.31. The van der Waals surface area contributed by atoms with E-state index in [1.54, 1.807) is 0 Å². The molecule has 0 aliphatic rings. The Hall–Kier alpha value is -2.19. The Morgan fingerprint density at radius 2 is 1.26 bits per heavy atom. The maximum atomic E-state index is 13.0. The highest BCUT2D eigenvalue weighted by molar-refractivity contribution is 7.79. The van der Waals surface area contributed by atoms with Gasteiger partial charge in [-0.1, -0.05) is 60.7 Å². The van der Waals surface area contributed by atoms with E-state index >= 15 is 0 Å². The lowest BCUT2D eigenvalue weighted by Gasteiger charge is -2.19. The number of rotatable bonds is 3. The molecule has 0 aliphatic heterocycles. The zero-order chi connectivity index (χ0) is 16.3. The second kappa shape index (κ2) is 6.51. The van der Waals surface area contributed by atoms with Crippen molar-refractivity contribution in [2.45, 2.75) is 6.18 Å². The van der Waals surface area contributed by atoms with E-state index in [0.717, 1.165) is 22.7 Å². The first-order valence-electron chi connectivity index (χ1n) is 6.99. The third kappa shape index (κ3) is 3.59. The molecule has 3 aromatic rings. The fourth-order valence-electron chi connectivity index (χ4n) is 2.28. The molecule has 3 rings (SSSR count). The highest BCUT2D eigenvalue weighted by Crippen LogP contribution is 2.34. The van der Waals surface area contributed by atoms with E-state index in [2.05, 4.69) is 4.98 Å². The van der Waals surface area contributed by atoms with Gasteiger partial charge in [-0.15, -0.1) is 0 Å². The van der Waals surface area contributed by atoms with Crippen LogP contribution in [0.2, 0.25) is 0 Å². The summed E-state index contributed by atoms with van der Waals surface area (Å²) in [7, 11) is -1.12. The van der Waals surface area contributed by atoms with E-state index in [-0.39, 0.29) is 0 Å². The minimum Gasteiger partial charge on any atom is -0.256 e. The van der Waals surface area contributed by atoms with Crippen molar-refractivity contribution >= 4 is 24.0 Å². The molecule has 116 valence electrons.